The van der Waals surface area contributed by atoms with Crippen LogP contribution in [-0.2, 0) is 19.1 Å². The van der Waals surface area contributed by atoms with Gasteiger partial charge in [-0.15, -0.1) is 0 Å². The zero-order valence-electron chi connectivity index (χ0n) is 17.4. The lowest BCUT2D eigenvalue weighted by Crippen LogP contribution is -2.21. The average molecular weight is 449 g/mol. The molecule has 0 radical (unpaired) electrons. The van der Waals surface area contributed by atoms with E-state index in [4.69, 9.17) is 25.8 Å². The summed E-state index contributed by atoms with van der Waals surface area (Å²) >= 11 is 5.91. The summed E-state index contributed by atoms with van der Waals surface area (Å²) in [6.45, 7) is 2.01. The van der Waals surface area contributed by atoms with Gasteiger partial charge in [0.1, 0.15) is 11.5 Å². The minimum Gasteiger partial charge on any atom is -0.495 e. The van der Waals surface area contributed by atoms with Gasteiger partial charge in [-0.3, -0.25) is 14.4 Å². The van der Waals surface area contributed by atoms with Crippen LogP contribution in [0.1, 0.15) is 26.2 Å². The highest BCUT2D eigenvalue weighted by Gasteiger charge is 2.12. The minimum absolute atomic E-state index is 0.0183. The van der Waals surface area contributed by atoms with Crippen molar-refractivity contribution in [1.82, 2.24) is 0 Å². The maximum absolute atomic E-state index is 12.0. The number of hydrogen-bond acceptors (Lipinski definition) is 6. The molecule has 0 aliphatic carbocycles. The maximum atomic E-state index is 12.0. The van der Waals surface area contributed by atoms with Gasteiger partial charge in [0.05, 0.1) is 19.4 Å². The van der Waals surface area contributed by atoms with Crippen molar-refractivity contribution < 1.29 is 28.6 Å². The van der Waals surface area contributed by atoms with E-state index in [0.29, 0.717) is 35.2 Å². The van der Waals surface area contributed by atoms with E-state index >= 15 is 0 Å². The molecule has 0 fully saturated rings. The molecule has 2 rings (SSSR count). The lowest BCUT2D eigenvalue weighted by atomic mass is 10.2. The third-order valence-corrected chi connectivity index (χ3v) is 4.27. The Morgan fingerprint density at radius 2 is 1.71 bits per heavy atom. The highest BCUT2D eigenvalue weighted by Crippen LogP contribution is 2.27. The van der Waals surface area contributed by atoms with Crippen LogP contribution in [0.15, 0.2) is 42.5 Å². The fourth-order valence-electron chi connectivity index (χ4n) is 2.60. The fourth-order valence-corrected chi connectivity index (χ4v) is 2.77. The Labute approximate surface area is 185 Å². The van der Waals surface area contributed by atoms with Crippen molar-refractivity contribution in [1.29, 1.82) is 0 Å². The van der Waals surface area contributed by atoms with Crippen LogP contribution in [0.5, 0.6) is 11.5 Å². The highest BCUT2D eigenvalue weighted by atomic mass is 35.5. The number of carbonyl (C=O) groups excluding carboxylic acids is 3. The fraction of sp³-hybridized carbons (Fsp3) is 0.318. The summed E-state index contributed by atoms with van der Waals surface area (Å²) in [5.74, 6) is -0.157. The first-order valence-corrected chi connectivity index (χ1v) is 10.1. The van der Waals surface area contributed by atoms with E-state index in [1.54, 1.807) is 36.4 Å². The summed E-state index contributed by atoms with van der Waals surface area (Å²) in [5, 5.41) is 5.74. The SMILES string of the molecule is CCOc1ccc(NC(=O)CCCC(=O)OCC(=O)Nc2cc(Cl)ccc2OC)cc1. The van der Waals surface area contributed by atoms with E-state index in [-0.39, 0.29) is 18.7 Å². The van der Waals surface area contributed by atoms with Crippen molar-refractivity contribution in [3.63, 3.8) is 0 Å². The van der Waals surface area contributed by atoms with Crippen LogP contribution in [0, 0.1) is 0 Å². The monoisotopic (exact) mass is 448 g/mol. The molecular formula is C22H25ClN2O6. The van der Waals surface area contributed by atoms with E-state index in [0.717, 1.165) is 5.75 Å². The number of carbonyl (C=O) groups is 3. The summed E-state index contributed by atoms with van der Waals surface area (Å²) in [6, 6.07) is 11.8. The van der Waals surface area contributed by atoms with Crippen molar-refractivity contribution in [3.05, 3.63) is 47.5 Å². The lowest BCUT2D eigenvalue weighted by molar-refractivity contribution is -0.147. The Balaban J connectivity index is 1.67. The van der Waals surface area contributed by atoms with Crippen molar-refractivity contribution in [2.24, 2.45) is 0 Å². The molecule has 9 heteroatoms. The van der Waals surface area contributed by atoms with Crippen molar-refractivity contribution in [2.45, 2.75) is 26.2 Å². The molecule has 0 saturated carbocycles. The molecule has 0 unspecified atom stereocenters. The summed E-state index contributed by atoms with van der Waals surface area (Å²) < 4.78 is 15.4. The maximum Gasteiger partial charge on any atom is 0.306 e. The van der Waals surface area contributed by atoms with Gasteiger partial charge in [-0.2, -0.15) is 0 Å². The molecule has 31 heavy (non-hydrogen) atoms. The smallest absolute Gasteiger partial charge is 0.306 e. The molecule has 0 heterocycles. The zero-order chi connectivity index (χ0) is 22.6. The van der Waals surface area contributed by atoms with Gasteiger partial charge in [-0.25, -0.2) is 0 Å². The standard InChI is InChI=1S/C22H25ClN2O6/c1-3-30-17-10-8-16(9-11-17)24-20(26)5-4-6-22(28)31-14-21(27)25-18-13-15(23)7-12-19(18)29-2/h7-13H,3-6,14H2,1-2H3,(H,24,26)(H,25,27). The predicted molar refractivity (Wildman–Crippen MR) is 118 cm³/mol. The van der Waals surface area contributed by atoms with Crippen LogP contribution >= 0.6 is 11.6 Å². The number of ether oxygens (including phenoxy) is 3. The molecule has 0 aliphatic heterocycles. The molecule has 2 aromatic carbocycles. The van der Waals surface area contributed by atoms with Crippen LogP contribution in [0.25, 0.3) is 0 Å². The molecule has 166 valence electrons. The Morgan fingerprint density at radius 3 is 2.39 bits per heavy atom. The van der Waals surface area contributed by atoms with Gasteiger partial charge in [0.25, 0.3) is 5.91 Å². The molecule has 0 atom stereocenters. The molecule has 2 amide bonds. The number of esters is 1. The lowest BCUT2D eigenvalue weighted by Gasteiger charge is -2.11. The van der Waals surface area contributed by atoms with Crippen LogP contribution in [0.2, 0.25) is 5.02 Å². The molecule has 2 N–H and O–H groups in total. The molecule has 0 saturated heterocycles. The first kappa shape index (κ1) is 24.0. The quantitative estimate of drug-likeness (QED) is 0.503. The summed E-state index contributed by atoms with van der Waals surface area (Å²) in [5.41, 5.74) is 1.02. The van der Waals surface area contributed by atoms with Crippen LogP contribution < -0.4 is 20.1 Å². The normalized spacial score (nSPS) is 10.2. The first-order chi connectivity index (χ1) is 14.9. The number of nitrogens with one attached hydrogen (secondary N) is 2. The van der Waals surface area contributed by atoms with Gasteiger partial charge < -0.3 is 24.8 Å². The van der Waals surface area contributed by atoms with E-state index in [1.807, 2.05) is 6.92 Å². The second-order valence-electron chi connectivity index (χ2n) is 6.41. The van der Waals surface area contributed by atoms with E-state index in [9.17, 15) is 14.4 Å². The van der Waals surface area contributed by atoms with Gasteiger partial charge in [0.15, 0.2) is 6.61 Å². The molecule has 2 aromatic rings. The zero-order valence-corrected chi connectivity index (χ0v) is 18.2. The summed E-state index contributed by atoms with van der Waals surface area (Å²) in [4.78, 5) is 35.8. The van der Waals surface area contributed by atoms with Gasteiger partial charge in [0.2, 0.25) is 5.91 Å². The van der Waals surface area contributed by atoms with Gasteiger partial charge in [0, 0.05) is 23.6 Å². The Hall–Kier alpha value is -3.26. The van der Waals surface area contributed by atoms with Crippen LogP contribution in [0.4, 0.5) is 11.4 Å². The number of hydrogen-bond donors (Lipinski definition) is 2. The Kier molecular flexibility index (Phi) is 9.64. The topological polar surface area (TPSA) is 103 Å². The highest BCUT2D eigenvalue weighted by molar-refractivity contribution is 6.31. The predicted octanol–water partition coefficient (Wildman–Crippen LogP) is 4.04. The number of halogens is 1. The van der Waals surface area contributed by atoms with Crippen molar-refractivity contribution >= 4 is 40.8 Å². The van der Waals surface area contributed by atoms with Gasteiger partial charge in [-0.1, -0.05) is 11.6 Å². The van der Waals surface area contributed by atoms with Crippen LogP contribution in [-0.4, -0.2) is 38.1 Å². The minimum atomic E-state index is -0.568. The van der Waals surface area contributed by atoms with Gasteiger partial charge in [-0.05, 0) is 55.8 Å². The molecule has 8 nitrogen and oxygen atoms in total. The van der Waals surface area contributed by atoms with E-state index in [2.05, 4.69) is 10.6 Å². The molecule has 0 aliphatic rings. The largest absolute Gasteiger partial charge is 0.495 e. The van der Waals surface area contributed by atoms with Crippen molar-refractivity contribution in [2.75, 3.05) is 31.0 Å². The van der Waals surface area contributed by atoms with Crippen LogP contribution in [0.3, 0.4) is 0 Å². The Morgan fingerprint density at radius 1 is 0.968 bits per heavy atom. The number of benzene rings is 2. The third kappa shape index (κ3) is 8.55. The number of rotatable bonds is 11. The van der Waals surface area contributed by atoms with E-state index in [1.165, 1.54) is 13.2 Å². The Bertz CT molecular complexity index is 901. The number of methoxy groups -OCH3 is 1. The third-order valence-electron chi connectivity index (χ3n) is 4.03. The second-order valence-corrected chi connectivity index (χ2v) is 6.85. The van der Waals surface area contributed by atoms with Gasteiger partial charge >= 0.3 is 5.97 Å². The molecular weight excluding hydrogens is 424 g/mol. The number of amides is 2. The number of anilines is 2. The van der Waals surface area contributed by atoms with Crippen molar-refractivity contribution in [3.8, 4) is 11.5 Å². The molecule has 0 spiro atoms. The molecule has 0 aromatic heterocycles. The first-order valence-electron chi connectivity index (χ1n) is 9.73. The average Bonchev–Trinajstić information content (AvgIpc) is 2.74. The summed E-state index contributed by atoms with van der Waals surface area (Å²) in [6.07, 6.45) is 0.462. The summed E-state index contributed by atoms with van der Waals surface area (Å²) in [7, 11) is 1.46. The molecule has 0 bridgehead atoms. The second kappa shape index (κ2) is 12.4. The van der Waals surface area contributed by atoms with E-state index < -0.39 is 18.5 Å².